The standard InChI is InChI=1S/C57H82N4O18/c1-14-40-56(10)57(78-56)47(59-53(57)68)30(4)43(63)28(2)25-55(9)48(76-52-46(77-79-55)39(60(11)12)23-29(3)71-52)31(5)45(32(6)51(67)73-40)75-42-26-54(8,69-13)49(33(7)72-42)74-41(62)19-21-70-22-20-58-34-15-18-38-36(24-34)44(64)37(50(65)66)27-61(38)35-16-17-35/h15,18,24,27-33,35,39-40,42,45-49,52,58H,14,16-17,19-23,25-26H2,1-13H3,(H,59,68)(H,65,66)/t28-,29+,30-,31+,32+,33-,39-,40-,42+,45+,46-,47+,48-,49+,52-,54+,55+,56-,57-/m0/s1. The number of aromatic carboxylic acids is 1. The fourth-order valence-electron chi connectivity index (χ4n) is 13.4. The zero-order chi connectivity index (χ0) is 57.3. The molecule has 0 radical (unpaired) electrons. The molecule has 1 aliphatic carbocycles. The number of β-lactam (4-membered cyclic amide) rings is 1. The van der Waals surface area contributed by atoms with Gasteiger partial charge in [0, 0.05) is 67.2 Å². The Bertz CT molecular complexity index is 2700. The smallest absolute Gasteiger partial charge is 0.341 e. The van der Waals surface area contributed by atoms with Gasteiger partial charge >= 0.3 is 17.9 Å². The number of anilines is 1. The number of benzene rings is 1. The number of pyridine rings is 1. The van der Waals surface area contributed by atoms with Crippen molar-refractivity contribution in [1.82, 2.24) is 14.8 Å². The number of ether oxygens (including phenoxy) is 9. The Balaban J connectivity index is 0.901. The molecule has 7 aliphatic rings. The third-order valence-corrected chi connectivity index (χ3v) is 18.1. The number of epoxide rings is 1. The summed E-state index contributed by atoms with van der Waals surface area (Å²) in [5.41, 5.74) is -4.61. The SMILES string of the molecule is CC[C@@H]1OC(=O)[C@H](C)[C@H](O[C@@H]2C[C@@](C)(OC)[C@H](OC(=O)CCOCCNc3ccc4c(c3)c(=O)c(C(=O)O)cn4C3CC3)[C@H](C)O2)[C@@H](C)[C@@H]2O[C@@H]3O[C@H](C)C[C@H](N(C)C)[C@@H]3OO[C@]2(C)C[C@H](C)C(=O)[C@H](C)[C@H]2NC(=O)[C@@]23O[C@@]13C. The van der Waals surface area contributed by atoms with Crippen LogP contribution >= 0.6 is 0 Å². The van der Waals surface area contributed by atoms with Crippen LogP contribution in [-0.4, -0.2) is 175 Å². The molecule has 22 nitrogen and oxygen atoms in total. The van der Waals surface area contributed by atoms with Crippen molar-refractivity contribution in [3.05, 3.63) is 40.2 Å². The highest BCUT2D eigenvalue weighted by molar-refractivity contribution is 6.00. The van der Waals surface area contributed by atoms with Gasteiger partial charge in [-0.25, -0.2) is 14.6 Å². The zero-order valence-electron chi connectivity index (χ0n) is 47.9. The number of cyclic esters (lactones) is 1. The first kappa shape index (κ1) is 59.0. The normalized spacial score (nSPS) is 40.7. The van der Waals surface area contributed by atoms with Crippen LogP contribution in [0.15, 0.2) is 29.2 Å². The van der Waals surface area contributed by atoms with Crippen LogP contribution in [0.25, 0.3) is 10.9 Å². The number of nitrogens with one attached hydrogen (secondary N) is 2. The fourth-order valence-corrected chi connectivity index (χ4v) is 13.4. The van der Waals surface area contributed by atoms with E-state index < -0.39 is 125 Å². The minimum atomic E-state index is -1.37. The summed E-state index contributed by atoms with van der Waals surface area (Å²) in [5.74, 6) is -5.98. The Labute approximate surface area is 461 Å². The number of carboxylic acid groups (broad SMARTS) is 1. The van der Waals surface area contributed by atoms with Gasteiger partial charge in [-0.05, 0) is 106 Å². The average molecular weight is 1110 g/mol. The van der Waals surface area contributed by atoms with Crippen molar-refractivity contribution in [1.29, 1.82) is 0 Å². The van der Waals surface area contributed by atoms with Crippen molar-refractivity contribution in [2.75, 3.05) is 46.3 Å². The maximum absolute atomic E-state index is 14.8. The lowest BCUT2D eigenvalue weighted by Crippen LogP contribution is -2.72. The Hall–Kier alpha value is -4.62. The molecule has 1 spiro atoms. The Morgan fingerprint density at radius 3 is 2.35 bits per heavy atom. The van der Waals surface area contributed by atoms with Crippen LogP contribution < -0.4 is 16.1 Å². The van der Waals surface area contributed by atoms with Crippen LogP contribution in [-0.2, 0) is 71.6 Å². The van der Waals surface area contributed by atoms with E-state index in [1.54, 1.807) is 40.7 Å². The van der Waals surface area contributed by atoms with Crippen LogP contribution in [0, 0.1) is 23.7 Å². The third kappa shape index (κ3) is 11.0. The number of rotatable bonds is 15. The summed E-state index contributed by atoms with van der Waals surface area (Å²) in [6.07, 6.45) is -3.05. The molecule has 2 aromatic rings. The summed E-state index contributed by atoms with van der Waals surface area (Å²) in [4.78, 5) is 96.4. The maximum atomic E-state index is 14.8. The van der Waals surface area contributed by atoms with Crippen LogP contribution in [0.4, 0.5) is 5.69 Å². The number of nitrogens with zero attached hydrogens (tertiary/aromatic N) is 2. The van der Waals surface area contributed by atoms with Gasteiger partial charge in [0.1, 0.15) is 34.3 Å². The molecule has 1 aromatic carbocycles. The van der Waals surface area contributed by atoms with Gasteiger partial charge in [-0.3, -0.25) is 24.0 Å². The zero-order valence-corrected chi connectivity index (χ0v) is 47.9. The van der Waals surface area contributed by atoms with Crippen molar-refractivity contribution < 1.29 is 81.5 Å². The number of carbonyl (C=O) groups is 5. The summed E-state index contributed by atoms with van der Waals surface area (Å²) in [5, 5.41) is 16.1. The van der Waals surface area contributed by atoms with E-state index in [-0.39, 0.29) is 67.9 Å². The molecule has 0 bridgehead atoms. The minimum absolute atomic E-state index is 0.0421. The van der Waals surface area contributed by atoms with Gasteiger partial charge in [0.25, 0.3) is 5.91 Å². The highest BCUT2D eigenvalue weighted by Crippen LogP contribution is 2.60. The molecule has 1 aromatic heterocycles. The number of amides is 1. The van der Waals surface area contributed by atoms with Crippen molar-refractivity contribution >= 4 is 46.2 Å². The molecule has 6 aliphatic heterocycles. The number of hydrogen-bond acceptors (Lipinski definition) is 19. The highest BCUT2D eigenvalue weighted by Gasteiger charge is 2.84. The lowest BCUT2D eigenvalue weighted by molar-refractivity contribution is -0.400. The topological polar surface area (TPSA) is 260 Å². The van der Waals surface area contributed by atoms with Gasteiger partial charge in [0.05, 0.1) is 61.5 Å². The third-order valence-electron chi connectivity index (χ3n) is 18.1. The Morgan fingerprint density at radius 2 is 1.70 bits per heavy atom. The summed E-state index contributed by atoms with van der Waals surface area (Å²) < 4.78 is 59.8. The van der Waals surface area contributed by atoms with E-state index in [1.807, 2.05) is 70.3 Å². The number of fused-ring (bicyclic) bond motifs is 3. The molecule has 79 heavy (non-hydrogen) atoms. The molecule has 0 unspecified atom stereocenters. The van der Waals surface area contributed by atoms with Crippen molar-refractivity contribution in [2.24, 2.45) is 23.7 Å². The Kier molecular flexibility index (Phi) is 16.9. The number of Topliss-reactive ketones (excluding diaryl/α,β-unsaturated/α-hetero) is 1. The second-order valence-electron chi connectivity index (χ2n) is 24.1. The molecule has 438 valence electrons. The van der Waals surface area contributed by atoms with E-state index in [0.717, 1.165) is 12.8 Å². The van der Waals surface area contributed by atoms with E-state index in [0.29, 0.717) is 36.0 Å². The second kappa shape index (κ2) is 22.6. The molecule has 7 heterocycles. The van der Waals surface area contributed by atoms with E-state index in [9.17, 15) is 33.9 Å². The molecule has 3 N–H and O–H groups in total. The van der Waals surface area contributed by atoms with Gasteiger partial charge < -0.3 is 67.8 Å². The molecule has 9 rings (SSSR count). The highest BCUT2D eigenvalue weighted by atomic mass is 17.2. The second-order valence-corrected chi connectivity index (χ2v) is 24.1. The predicted molar refractivity (Wildman–Crippen MR) is 283 cm³/mol. The fraction of sp³-hybridized carbons (Fsp3) is 0.754. The largest absolute Gasteiger partial charge is 0.477 e. The van der Waals surface area contributed by atoms with E-state index in [2.05, 4.69) is 10.6 Å². The molecule has 1 saturated carbocycles. The predicted octanol–water partition coefficient (Wildman–Crippen LogP) is 5.09. The van der Waals surface area contributed by atoms with Gasteiger partial charge in [-0.15, -0.1) is 0 Å². The van der Waals surface area contributed by atoms with Gasteiger partial charge in [0.2, 0.25) is 5.43 Å². The number of hydrogen-bond donors (Lipinski definition) is 3. The number of methoxy groups -OCH3 is 1. The van der Waals surface area contributed by atoms with Crippen molar-refractivity contribution in [2.45, 2.75) is 210 Å². The molecule has 22 heteroatoms. The first-order valence-electron chi connectivity index (χ1n) is 28.2. The summed E-state index contributed by atoms with van der Waals surface area (Å²) in [6, 6.07) is 4.63. The average Bonchev–Trinajstić information content (AvgIpc) is 3.86. The van der Waals surface area contributed by atoms with Crippen LogP contribution in [0.1, 0.15) is 131 Å². The molecule has 19 atom stereocenters. The minimum Gasteiger partial charge on any atom is -0.477 e. The lowest BCUT2D eigenvalue weighted by Gasteiger charge is -2.48. The Morgan fingerprint density at radius 1 is 0.962 bits per heavy atom. The first-order valence-corrected chi connectivity index (χ1v) is 28.2. The van der Waals surface area contributed by atoms with E-state index in [1.165, 1.54) is 13.3 Å². The number of likely N-dealkylation sites (N-methyl/N-ethyl adjacent to an activating group) is 1. The van der Waals surface area contributed by atoms with Crippen molar-refractivity contribution in [3.8, 4) is 0 Å². The number of ketones is 1. The lowest BCUT2D eigenvalue weighted by atomic mass is 9.69. The van der Waals surface area contributed by atoms with Gasteiger partial charge in [-0.2, -0.15) is 0 Å². The van der Waals surface area contributed by atoms with Crippen LogP contribution in [0.2, 0.25) is 0 Å². The number of aromatic nitrogens is 1. The van der Waals surface area contributed by atoms with Gasteiger partial charge in [-0.1, -0.05) is 27.7 Å². The maximum Gasteiger partial charge on any atom is 0.341 e. The van der Waals surface area contributed by atoms with Crippen LogP contribution in [0.3, 0.4) is 0 Å². The van der Waals surface area contributed by atoms with Crippen LogP contribution in [0.5, 0.6) is 0 Å². The molecule has 6 saturated heterocycles. The summed E-state index contributed by atoms with van der Waals surface area (Å²) in [6.45, 7) is 18.8. The molecular formula is C57H82N4O18. The first-order chi connectivity index (χ1) is 37.3. The van der Waals surface area contributed by atoms with E-state index in [4.69, 9.17) is 52.4 Å². The molecule has 1 amide bonds. The number of esters is 2. The molecular weight excluding hydrogens is 1030 g/mol. The van der Waals surface area contributed by atoms with Gasteiger partial charge in [0.15, 0.2) is 30.4 Å². The summed E-state index contributed by atoms with van der Waals surface area (Å²) >= 11 is 0. The summed E-state index contributed by atoms with van der Waals surface area (Å²) in [7, 11) is 5.42. The monoisotopic (exact) mass is 1110 g/mol. The molecule has 7 fully saturated rings. The number of carbonyl (C=O) groups excluding carboxylic acids is 4. The number of carboxylic acids is 1. The van der Waals surface area contributed by atoms with Crippen molar-refractivity contribution in [3.63, 3.8) is 0 Å². The van der Waals surface area contributed by atoms with E-state index >= 15 is 0 Å². The quantitative estimate of drug-likeness (QED) is 0.0689.